The fraction of sp³-hybridized carbons (Fsp3) is 0.250. The second kappa shape index (κ2) is 7.09. The van der Waals surface area contributed by atoms with Crippen molar-refractivity contribution in [2.45, 2.75) is 12.8 Å². The van der Waals surface area contributed by atoms with Gasteiger partial charge in [0.1, 0.15) is 5.82 Å². The van der Waals surface area contributed by atoms with Gasteiger partial charge in [-0.25, -0.2) is 4.39 Å². The molecule has 0 spiro atoms. The first-order chi connectivity index (χ1) is 8.63. The van der Waals surface area contributed by atoms with E-state index < -0.39 is 11.8 Å². The largest absolute Gasteiger partial charge is 0.481 e. The Kier molecular flexibility index (Phi) is 5.41. The highest BCUT2D eigenvalue weighted by Gasteiger charge is 2.06. The van der Waals surface area contributed by atoms with Gasteiger partial charge >= 0.3 is 5.97 Å². The van der Waals surface area contributed by atoms with Gasteiger partial charge in [-0.05, 0) is 29.1 Å². The summed E-state index contributed by atoms with van der Waals surface area (Å²) in [7, 11) is 0. The molecule has 0 unspecified atom stereocenters. The molecule has 0 saturated heterocycles. The molecule has 0 aliphatic heterocycles. The number of rotatable bonds is 6. The average molecular weight is 249 g/mol. The molecule has 0 radical (unpaired) electrons. The lowest BCUT2D eigenvalue weighted by Crippen LogP contribution is -2.02. The van der Waals surface area contributed by atoms with Crippen LogP contribution in [0.2, 0.25) is 0 Å². The molecule has 1 aromatic carbocycles. The third-order valence-electron chi connectivity index (χ3n) is 2.19. The first kappa shape index (κ1) is 13.7. The fourth-order valence-corrected chi connectivity index (χ4v) is 1.37. The van der Waals surface area contributed by atoms with Crippen molar-refractivity contribution in [3.8, 4) is 0 Å². The van der Waals surface area contributed by atoms with Crippen LogP contribution in [0.5, 0.6) is 0 Å². The monoisotopic (exact) mass is 249 g/mol. The Bertz CT molecular complexity index is 508. The van der Waals surface area contributed by atoms with Gasteiger partial charge in [0.15, 0.2) is 0 Å². The van der Waals surface area contributed by atoms with E-state index in [4.69, 9.17) is 10.6 Å². The maximum Gasteiger partial charge on any atom is 0.307 e. The quantitative estimate of drug-likeness (QED) is 0.363. The van der Waals surface area contributed by atoms with Crippen LogP contribution in [0.3, 0.4) is 0 Å². The summed E-state index contributed by atoms with van der Waals surface area (Å²) < 4.78 is 13.5. The van der Waals surface area contributed by atoms with Crippen LogP contribution in [0.15, 0.2) is 29.4 Å². The molecule has 94 valence electrons. The predicted molar refractivity (Wildman–Crippen MR) is 65.4 cm³/mol. The molecule has 6 heteroatoms. The molecule has 0 atom stereocenters. The van der Waals surface area contributed by atoms with Crippen LogP contribution in [0.4, 0.5) is 4.39 Å². The van der Waals surface area contributed by atoms with E-state index in [1.807, 2.05) is 0 Å². The van der Waals surface area contributed by atoms with Gasteiger partial charge in [-0.2, -0.15) is 0 Å². The number of halogens is 1. The zero-order chi connectivity index (χ0) is 13.4. The van der Waals surface area contributed by atoms with E-state index in [-0.39, 0.29) is 12.0 Å². The number of hydrogen-bond acceptors (Lipinski definition) is 2. The standard InChI is InChI=1S/C12H12FN3O2/c13-11-7-9(3-1-2-6-15-16-14)4-5-10(11)8-12(17)18/h1,3-5,7H,2,6,8H2,(H,17,18). The average Bonchev–Trinajstić information content (AvgIpc) is 2.32. The summed E-state index contributed by atoms with van der Waals surface area (Å²) >= 11 is 0. The second-order valence-electron chi connectivity index (χ2n) is 3.57. The van der Waals surface area contributed by atoms with Crippen LogP contribution in [0.25, 0.3) is 16.5 Å². The fourth-order valence-electron chi connectivity index (χ4n) is 1.37. The summed E-state index contributed by atoms with van der Waals surface area (Å²) in [6.45, 7) is 0.354. The highest BCUT2D eigenvalue weighted by Crippen LogP contribution is 2.12. The van der Waals surface area contributed by atoms with Gasteiger partial charge in [-0.3, -0.25) is 4.79 Å². The number of carbonyl (C=O) groups is 1. The van der Waals surface area contributed by atoms with E-state index in [1.54, 1.807) is 18.2 Å². The SMILES string of the molecule is [N-]=[N+]=NCCC=Cc1ccc(CC(=O)O)c(F)c1. The van der Waals surface area contributed by atoms with Gasteiger partial charge in [0.25, 0.3) is 0 Å². The number of azide groups is 1. The summed E-state index contributed by atoms with van der Waals surface area (Å²) in [5.41, 5.74) is 8.86. The summed E-state index contributed by atoms with van der Waals surface area (Å²) in [6.07, 6.45) is 3.70. The Morgan fingerprint density at radius 2 is 2.33 bits per heavy atom. The van der Waals surface area contributed by atoms with E-state index in [9.17, 15) is 9.18 Å². The summed E-state index contributed by atoms with van der Waals surface area (Å²) in [5.74, 6) is -1.60. The Balaban J connectivity index is 2.66. The minimum absolute atomic E-state index is 0.161. The van der Waals surface area contributed by atoms with Gasteiger partial charge in [0, 0.05) is 11.5 Å². The van der Waals surface area contributed by atoms with Crippen LogP contribution >= 0.6 is 0 Å². The third kappa shape index (κ3) is 4.67. The number of nitrogens with zero attached hydrogens (tertiary/aromatic N) is 3. The molecule has 0 aromatic heterocycles. The molecule has 18 heavy (non-hydrogen) atoms. The molecule has 0 bridgehead atoms. The van der Waals surface area contributed by atoms with Gasteiger partial charge < -0.3 is 5.11 Å². The van der Waals surface area contributed by atoms with Crippen molar-refractivity contribution in [3.05, 3.63) is 51.7 Å². The van der Waals surface area contributed by atoms with Crippen LogP contribution in [0, 0.1) is 5.82 Å². The number of benzene rings is 1. The van der Waals surface area contributed by atoms with Crippen molar-refractivity contribution in [1.82, 2.24) is 0 Å². The maximum atomic E-state index is 13.5. The Hall–Kier alpha value is -2.33. The van der Waals surface area contributed by atoms with Gasteiger partial charge in [0.05, 0.1) is 6.42 Å². The molecule has 0 aliphatic rings. The van der Waals surface area contributed by atoms with Crippen molar-refractivity contribution in [2.24, 2.45) is 5.11 Å². The number of carboxylic acid groups (broad SMARTS) is 1. The summed E-state index contributed by atoms with van der Waals surface area (Å²) in [5, 5.41) is 11.9. The first-order valence-corrected chi connectivity index (χ1v) is 5.31. The van der Waals surface area contributed by atoms with Gasteiger partial charge in [-0.1, -0.05) is 29.4 Å². The topological polar surface area (TPSA) is 86.1 Å². The third-order valence-corrected chi connectivity index (χ3v) is 2.19. The first-order valence-electron chi connectivity index (χ1n) is 5.31. The number of aliphatic carboxylic acids is 1. The summed E-state index contributed by atoms with van der Waals surface area (Å²) in [6, 6.07) is 4.38. The van der Waals surface area contributed by atoms with Crippen molar-refractivity contribution in [1.29, 1.82) is 0 Å². The smallest absolute Gasteiger partial charge is 0.307 e. The molecule has 0 saturated carbocycles. The number of carboxylic acids is 1. The molecule has 5 nitrogen and oxygen atoms in total. The highest BCUT2D eigenvalue weighted by atomic mass is 19.1. The van der Waals surface area contributed by atoms with Crippen molar-refractivity contribution in [2.75, 3.05) is 6.54 Å². The lowest BCUT2D eigenvalue weighted by atomic mass is 10.1. The van der Waals surface area contributed by atoms with Crippen LogP contribution < -0.4 is 0 Å². The van der Waals surface area contributed by atoms with Crippen molar-refractivity contribution < 1.29 is 14.3 Å². The lowest BCUT2D eigenvalue weighted by molar-refractivity contribution is -0.136. The van der Waals surface area contributed by atoms with Gasteiger partial charge in [0.2, 0.25) is 0 Å². The van der Waals surface area contributed by atoms with E-state index in [0.29, 0.717) is 18.5 Å². The normalized spacial score (nSPS) is 10.3. The second-order valence-corrected chi connectivity index (χ2v) is 3.57. The number of hydrogen-bond donors (Lipinski definition) is 1. The predicted octanol–water partition coefficient (Wildman–Crippen LogP) is 3.17. The van der Waals surface area contributed by atoms with Crippen LogP contribution in [0.1, 0.15) is 17.5 Å². The van der Waals surface area contributed by atoms with Crippen molar-refractivity contribution >= 4 is 12.0 Å². The van der Waals surface area contributed by atoms with Crippen molar-refractivity contribution in [3.63, 3.8) is 0 Å². The zero-order valence-electron chi connectivity index (χ0n) is 9.58. The van der Waals surface area contributed by atoms with E-state index in [1.165, 1.54) is 12.1 Å². The van der Waals surface area contributed by atoms with E-state index in [2.05, 4.69) is 10.0 Å². The molecule has 0 heterocycles. The molecular formula is C12H12FN3O2. The van der Waals surface area contributed by atoms with Crippen LogP contribution in [-0.2, 0) is 11.2 Å². The minimum atomic E-state index is -1.06. The molecule has 0 fully saturated rings. The molecule has 0 aliphatic carbocycles. The Morgan fingerprint density at radius 1 is 1.56 bits per heavy atom. The lowest BCUT2D eigenvalue weighted by Gasteiger charge is -2.01. The molecule has 1 rings (SSSR count). The van der Waals surface area contributed by atoms with E-state index in [0.717, 1.165) is 0 Å². The Labute approximate surface area is 103 Å². The van der Waals surface area contributed by atoms with Gasteiger partial charge in [-0.15, -0.1) is 0 Å². The maximum absolute atomic E-state index is 13.5. The molecule has 1 aromatic rings. The van der Waals surface area contributed by atoms with E-state index >= 15 is 0 Å². The molecular weight excluding hydrogens is 237 g/mol. The Morgan fingerprint density at radius 3 is 2.94 bits per heavy atom. The zero-order valence-corrected chi connectivity index (χ0v) is 9.58. The van der Waals surface area contributed by atoms with Crippen LogP contribution in [-0.4, -0.2) is 17.6 Å². The summed E-state index contributed by atoms with van der Waals surface area (Å²) in [4.78, 5) is 13.1. The molecule has 1 N–H and O–H groups in total. The minimum Gasteiger partial charge on any atom is -0.481 e. The highest BCUT2D eigenvalue weighted by molar-refractivity contribution is 5.70. The molecule has 0 amide bonds.